The van der Waals surface area contributed by atoms with Gasteiger partial charge in [-0.3, -0.25) is 4.79 Å². The van der Waals surface area contributed by atoms with E-state index in [2.05, 4.69) is 20.1 Å². The van der Waals surface area contributed by atoms with Gasteiger partial charge in [-0.2, -0.15) is 4.98 Å². The number of aromatic nitrogens is 4. The molecule has 3 aromatic heterocycles. The summed E-state index contributed by atoms with van der Waals surface area (Å²) in [7, 11) is 0. The molecule has 3 aromatic rings. The fraction of sp³-hybridized carbons (Fsp3) is 0.0769. The molecular formula is C13H9ClN4O2. The van der Waals surface area contributed by atoms with Crippen molar-refractivity contribution in [2.24, 2.45) is 0 Å². The Morgan fingerprint density at radius 3 is 2.95 bits per heavy atom. The van der Waals surface area contributed by atoms with Crippen molar-refractivity contribution in [2.45, 2.75) is 6.92 Å². The van der Waals surface area contributed by atoms with Gasteiger partial charge in [0.2, 0.25) is 11.4 Å². The first kappa shape index (κ1) is 12.6. The third-order valence-corrected chi connectivity index (χ3v) is 2.98. The van der Waals surface area contributed by atoms with Crippen LogP contribution in [-0.2, 0) is 0 Å². The van der Waals surface area contributed by atoms with Gasteiger partial charge in [0.15, 0.2) is 0 Å². The first-order valence-electron chi connectivity index (χ1n) is 5.79. The smallest absolute Gasteiger partial charge is 0.258 e. The fourth-order valence-electron chi connectivity index (χ4n) is 1.73. The summed E-state index contributed by atoms with van der Waals surface area (Å²) in [6.07, 6.45) is 3.17. The van der Waals surface area contributed by atoms with Gasteiger partial charge < -0.3 is 9.51 Å². The van der Waals surface area contributed by atoms with Gasteiger partial charge in [-0.25, -0.2) is 4.98 Å². The second-order valence-electron chi connectivity index (χ2n) is 4.19. The minimum absolute atomic E-state index is 0.186. The summed E-state index contributed by atoms with van der Waals surface area (Å²) in [4.78, 5) is 21.9. The third kappa shape index (κ3) is 2.33. The van der Waals surface area contributed by atoms with Crippen LogP contribution in [0.25, 0.3) is 22.8 Å². The highest BCUT2D eigenvalue weighted by Crippen LogP contribution is 2.25. The Morgan fingerprint density at radius 1 is 1.35 bits per heavy atom. The number of H-pyrrole nitrogens is 1. The van der Waals surface area contributed by atoms with E-state index in [4.69, 9.17) is 16.1 Å². The van der Waals surface area contributed by atoms with E-state index in [-0.39, 0.29) is 5.56 Å². The first-order chi connectivity index (χ1) is 9.63. The first-order valence-corrected chi connectivity index (χ1v) is 6.16. The number of aromatic amines is 1. The van der Waals surface area contributed by atoms with Crippen LogP contribution in [0.15, 0.2) is 39.9 Å². The van der Waals surface area contributed by atoms with E-state index >= 15 is 0 Å². The van der Waals surface area contributed by atoms with Gasteiger partial charge in [0, 0.05) is 29.6 Å². The Bertz CT molecular complexity index is 805. The quantitative estimate of drug-likeness (QED) is 0.732. The second-order valence-corrected chi connectivity index (χ2v) is 4.57. The average molecular weight is 289 g/mol. The van der Waals surface area contributed by atoms with Crippen LogP contribution in [0.1, 0.15) is 5.56 Å². The van der Waals surface area contributed by atoms with Crippen LogP contribution in [0, 0.1) is 6.92 Å². The Morgan fingerprint density at radius 2 is 2.20 bits per heavy atom. The van der Waals surface area contributed by atoms with Gasteiger partial charge in [-0.05, 0) is 24.6 Å². The lowest BCUT2D eigenvalue weighted by Gasteiger charge is -1.99. The molecule has 0 atom stereocenters. The van der Waals surface area contributed by atoms with Crippen molar-refractivity contribution in [2.75, 3.05) is 0 Å². The molecule has 20 heavy (non-hydrogen) atoms. The summed E-state index contributed by atoms with van der Waals surface area (Å²) in [6, 6.07) is 4.70. The van der Waals surface area contributed by atoms with E-state index in [1.165, 1.54) is 12.3 Å². The minimum atomic E-state index is -0.186. The van der Waals surface area contributed by atoms with Crippen molar-refractivity contribution in [3.63, 3.8) is 0 Å². The zero-order valence-electron chi connectivity index (χ0n) is 10.4. The van der Waals surface area contributed by atoms with E-state index in [1.54, 1.807) is 18.3 Å². The molecular weight excluding hydrogens is 280 g/mol. The molecule has 1 N–H and O–H groups in total. The molecule has 0 unspecified atom stereocenters. The van der Waals surface area contributed by atoms with Crippen molar-refractivity contribution in [3.8, 4) is 22.8 Å². The molecule has 0 saturated heterocycles. The predicted molar refractivity (Wildman–Crippen MR) is 73.3 cm³/mol. The zero-order chi connectivity index (χ0) is 14.1. The number of halogens is 1. The van der Waals surface area contributed by atoms with Gasteiger partial charge in [-0.15, -0.1) is 0 Å². The van der Waals surface area contributed by atoms with Crippen LogP contribution in [-0.4, -0.2) is 20.1 Å². The molecule has 0 aliphatic rings. The van der Waals surface area contributed by atoms with Gasteiger partial charge in [0.1, 0.15) is 5.15 Å². The van der Waals surface area contributed by atoms with Gasteiger partial charge in [-0.1, -0.05) is 16.8 Å². The molecule has 0 amide bonds. The molecule has 0 fully saturated rings. The Kier molecular flexibility index (Phi) is 3.08. The normalized spacial score (nSPS) is 10.7. The molecule has 0 radical (unpaired) electrons. The number of hydrogen-bond acceptors (Lipinski definition) is 5. The molecule has 6 nitrogen and oxygen atoms in total. The van der Waals surface area contributed by atoms with Crippen molar-refractivity contribution in [1.82, 2.24) is 20.1 Å². The summed E-state index contributed by atoms with van der Waals surface area (Å²) < 4.78 is 5.23. The largest absolute Gasteiger partial charge is 0.334 e. The van der Waals surface area contributed by atoms with E-state index in [0.29, 0.717) is 22.4 Å². The number of rotatable bonds is 2. The van der Waals surface area contributed by atoms with Crippen molar-refractivity contribution >= 4 is 11.6 Å². The highest BCUT2D eigenvalue weighted by molar-refractivity contribution is 6.29. The number of nitrogens with one attached hydrogen (secondary N) is 1. The predicted octanol–water partition coefficient (Wildman–Crippen LogP) is 2.45. The zero-order valence-corrected chi connectivity index (χ0v) is 11.2. The summed E-state index contributed by atoms with van der Waals surface area (Å²) in [5.74, 6) is 0.747. The van der Waals surface area contributed by atoms with Gasteiger partial charge in [0.05, 0.1) is 0 Å². The Hall–Kier alpha value is -2.47. The average Bonchev–Trinajstić information content (AvgIpc) is 2.92. The maximum absolute atomic E-state index is 11.0. The molecule has 3 rings (SSSR count). The SMILES string of the molecule is Cc1cnc(Cl)cc1-c1nc(-c2ccc(=O)[nH]c2)no1. The standard InChI is InChI=1S/C13H9ClN4O2/c1-7-5-15-10(14)4-9(7)13-17-12(18-20-13)8-2-3-11(19)16-6-8/h2-6H,1H3,(H,16,19). The number of pyridine rings is 2. The van der Waals surface area contributed by atoms with Crippen LogP contribution in [0.5, 0.6) is 0 Å². The lowest BCUT2D eigenvalue weighted by Crippen LogP contribution is -2.01. The summed E-state index contributed by atoms with van der Waals surface area (Å²) in [5, 5.41) is 4.25. The lowest BCUT2D eigenvalue weighted by atomic mass is 10.1. The minimum Gasteiger partial charge on any atom is -0.334 e. The van der Waals surface area contributed by atoms with Crippen LogP contribution < -0.4 is 5.56 Å². The van der Waals surface area contributed by atoms with Crippen LogP contribution in [0.4, 0.5) is 0 Å². The molecule has 100 valence electrons. The fourth-order valence-corrected chi connectivity index (χ4v) is 1.89. The number of nitrogens with zero attached hydrogens (tertiary/aromatic N) is 3. The topological polar surface area (TPSA) is 84.7 Å². The molecule has 7 heteroatoms. The number of aryl methyl sites for hydroxylation is 1. The van der Waals surface area contributed by atoms with Crippen LogP contribution >= 0.6 is 11.6 Å². The molecule has 0 spiro atoms. The van der Waals surface area contributed by atoms with E-state index in [0.717, 1.165) is 11.1 Å². The van der Waals surface area contributed by atoms with Crippen molar-refractivity contribution in [3.05, 3.63) is 51.7 Å². The van der Waals surface area contributed by atoms with Crippen LogP contribution in [0.2, 0.25) is 5.15 Å². The highest BCUT2D eigenvalue weighted by atomic mass is 35.5. The molecule has 0 aromatic carbocycles. The highest BCUT2D eigenvalue weighted by Gasteiger charge is 2.13. The molecule has 0 saturated carbocycles. The lowest BCUT2D eigenvalue weighted by molar-refractivity contribution is 0.432. The third-order valence-electron chi connectivity index (χ3n) is 2.77. The Balaban J connectivity index is 2.04. The summed E-state index contributed by atoms with van der Waals surface area (Å²) in [5.41, 5.74) is 2.09. The number of hydrogen-bond donors (Lipinski definition) is 1. The molecule has 0 aliphatic carbocycles. The molecule has 3 heterocycles. The second kappa shape index (κ2) is 4.90. The summed E-state index contributed by atoms with van der Waals surface area (Å²) in [6.45, 7) is 1.88. The van der Waals surface area contributed by atoms with Crippen molar-refractivity contribution < 1.29 is 4.52 Å². The maximum atomic E-state index is 11.0. The van der Waals surface area contributed by atoms with E-state index < -0.39 is 0 Å². The van der Waals surface area contributed by atoms with E-state index in [1.807, 2.05) is 6.92 Å². The van der Waals surface area contributed by atoms with Gasteiger partial charge >= 0.3 is 0 Å². The van der Waals surface area contributed by atoms with Crippen LogP contribution in [0.3, 0.4) is 0 Å². The monoisotopic (exact) mass is 288 g/mol. The molecule has 0 bridgehead atoms. The molecule has 0 aliphatic heterocycles. The summed E-state index contributed by atoms with van der Waals surface area (Å²) >= 11 is 5.87. The maximum Gasteiger partial charge on any atom is 0.258 e. The van der Waals surface area contributed by atoms with E-state index in [9.17, 15) is 4.79 Å². The van der Waals surface area contributed by atoms with Gasteiger partial charge in [0.25, 0.3) is 5.89 Å². The van der Waals surface area contributed by atoms with Crippen molar-refractivity contribution in [1.29, 1.82) is 0 Å². The Labute approximate surface area is 118 Å².